The number of pyridine rings is 1. The van der Waals surface area contributed by atoms with Gasteiger partial charge in [-0.1, -0.05) is 44.2 Å². The fourth-order valence-electron chi connectivity index (χ4n) is 7.76. The molecule has 0 bridgehead atoms. The molecule has 1 amide bonds. The number of aromatic nitrogens is 2. The number of likely N-dealkylation sites (tertiary alicyclic amines) is 1. The number of nitrogens with zero attached hydrogens (tertiary/aromatic N) is 4. The van der Waals surface area contributed by atoms with Gasteiger partial charge in [-0.05, 0) is 84.0 Å². The minimum Gasteiger partial charge on any atom is -0.371 e. The van der Waals surface area contributed by atoms with Gasteiger partial charge in [-0.15, -0.1) is 0 Å². The number of fused-ring (bicyclic) bond motifs is 4. The van der Waals surface area contributed by atoms with Gasteiger partial charge < -0.3 is 19.7 Å². The molecule has 0 radical (unpaired) electrons. The maximum absolute atomic E-state index is 13.9. The van der Waals surface area contributed by atoms with E-state index in [0.717, 1.165) is 69.3 Å². The summed E-state index contributed by atoms with van der Waals surface area (Å²) < 4.78 is 0. The Hall–Kier alpha value is -3.80. The van der Waals surface area contributed by atoms with E-state index in [-0.39, 0.29) is 12.0 Å². The molecule has 2 fully saturated rings. The molecule has 4 heterocycles. The van der Waals surface area contributed by atoms with Crippen LogP contribution in [0, 0.1) is 11.8 Å². The van der Waals surface area contributed by atoms with Crippen LogP contribution >= 0.6 is 0 Å². The van der Waals surface area contributed by atoms with Gasteiger partial charge in [0.05, 0.1) is 0 Å². The normalized spacial score (nSPS) is 20.8. The zero-order valence-corrected chi connectivity index (χ0v) is 24.6. The van der Waals surface area contributed by atoms with Crippen molar-refractivity contribution in [3.05, 3.63) is 77.6 Å². The Labute approximate surface area is 243 Å². The zero-order chi connectivity index (χ0) is 28.1. The Balaban J connectivity index is 1.03. The SMILES string of the molecule is CCc1c(N2CCC(C(=O)N3CC[C@@H](C)[C@@H](N(C)c4ccnc5[nH]ccc45)C3)CC2)ccc2c1Cc1ccccc1-2. The molecular formula is C35H41N5O. The number of aromatic amines is 1. The first-order valence-corrected chi connectivity index (χ1v) is 15.4. The number of amides is 1. The lowest BCUT2D eigenvalue weighted by atomic mass is 9.89. The van der Waals surface area contributed by atoms with Crippen LogP contribution in [0.15, 0.2) is 60.9 Å². The van der Waals surface area contributed by atoms with E-state index in [4.69, 9.17) is 0 Å². The van der Waals surface area contributed by atoms with Crippen LogP contribution in [0.1, 0.15) is 49.8 Å². The summed E-state index contributed by atoms with van der Waals surface area (Å²) in [6, 6.07) is 18.0. The second kappa shape index (κ2) is 10.6. The van der Waals surface area contributed by atoms with Crippen LogP contribution in [-0.4, -0.2) is 60.0 Å². The number of H-pyrrole nitrogens is 1. The second-order valence-electron chi connectivity index (χ2n) is 12.3. The number of benzene rings is 2. The van der Waals surface area contributed by atoms with Crippen LogP contribution in [0.4, 0.5) is 11.4 Å². The average Bonchev–Trinajstić information content (AvgIpc) is 3.65. The van der Waals surface area contributed by atoms with Gasteiger partial charge in [-0.2, -0.15) is 0 Å². The first-order chi connectivity index (χ1) is 20.0. The zero-order valence-electron chi connectivity index (χ0n) is 24.6. The summed E-state index contributed by atoms with van der Waals surface area (Å²) in [5, 5.41) is 1.14. The van der Waals surface area contributed by atoms with E-state index in [0.29, 0.717) is 11.8 Å². The molecule has 1 aliphatic carbocycles. The van der Waals surface area contributed by atoms with Gasteiger partial charge in [0.1, 0.15) is 5.65 Å². The van der Waals surface area contributed by atoms with E-state index in [2.05, 4.69) is 94.1 Å². The van der Waals surface area contributed by atoms with E-state index in [1.165, 1.54) is 39.2 Å². The lowest BCUT2D eigenvalue weighted by molar-refractivity contribution is -0.137. The molecule has 2 aromatic carbocycles. The molecule has 3 aliphatic rings. The van der Waals surface area contributed by atoms with Gasteiger partial charge in [0.2, 0.25) is 5.91 Å². The van der Waals surface area contributed by atoms with Crippen molar-refractivity contribution < 1.29 is 4.79 Å². The van der Waals surface area contributed by atoms with Crippen LogP contribution in [0.5, 0.6) is 0 Å². The highest BCUT2D eigenvalue weighted by atomic mass is 16.2. The van der Waals surface area contributed by atoms with Crippen molar-refractivity contribution in [3.8, 4) is 11.1 Å². The highest BCUT2D eigenvalue weighted by Crippen LogP contribution is 2.42. The van der Waals surface area contributed by atoms with Crippen LogP contribution in [0.2, 0.25) is 0 Å². The minimum absolute atomic E-state index is 0.117. The van der Waals surface area contributed by atoms with Crippen LogP contribution in [-0.2, 0) is 17.6 Å². The smallest absolute Gasteiger partial charge is 0.225 e. The largest absolute Gasteiger partial charge is 0.371 e. The Morgan fingerprint density at radius 3 is 2.68 bits per heavy atom. The molecule has 2 aliphatic heterocycles. The first kappa shape index (κ1) is 26.1. The highest BCUT2D eigenvalue weighted by Gasteiger charge is 2.36. The third-order valence-electron chi connectivity index (χ3n) is 10.2. The van der Waals surface area contributed by atoms with Crippen LogP contribution in [0.3, 0.4) is 0 Å². The molecule has 41 heavy (non-hydrogen) atoms. The van der Waals surface area contributed by atoms with Crippen molar-refractivity contribution >= 4 is 28.3 Å². The summed E-state index contributed by atoms with van der Waals surface area (Å²) in [6.07, 6.45) is 8.80. The molecule has 2 saturated heterocycles. The maximum atomic E-state index is 13.9. The number of hydrogen-bond acceptors (Lipinski definition) is 4. The standard InChI is InChI=1S/C35H41N5O/c1-4-26-30-21-25-7-5-6-8-27(25)28(30)9-10-32(26)39-19-14-24(15-20-39)35(41)40-18-13-23(2)33(22-40)38(3)31-12-17-37-34-29(31)11-16-36-34/h5-12,16-17,23-24,33H,4,13-15,18-22H2,1-3H3,(H,36,37)/t23-,33+/m1/s1. The van der Waals surface area contributed by atoms with Gasteiger partial charge in [-0.25, -0.2) is 4.98 Å². The molecule has 0 unspecified atom stereocenters. The maximum Gasteiger partial charge on any atom is 0.225 e. The fourth-order valence-corrected chi connectivity index (χ4v) is 7.76. The van der Waals surface area contributed by atoms with Gasteiger partial charge >= 0.3 is 0 Å². The van der Waals surface area contributed by atoms with Gasteiger partial charge in [-0.3, -0.25) is 4.79 Å². The minimum atomic E-state index is 0.117. The number of rotatable bonds is 5. The molecule has 2 aromatic heterocycles. The molecule has 7 rings (SSSR count). The molecule has 0 spiro atoms. The molecule has 0 saturated carbocycles. The third-order valence-corrected chi connectivity index (χ3v) is 10.2. The molecule has 6 nitrogen and oxygen atoms in total. The predicted octanol–water partition coefficient (Wildman–Crippen LogP) is 6.29. The van der Waals surface area contributed by atoms with Gasteiger partial charge in [0.15, 0.2) is 0 Å². The van der Waals surface area contributed by atoms with E-state index in [1.54, 1.807) is 0 Å². The number of hydrogen-bond donors (Lipinski definition) is 1. The number of piperidine rings is 2. The number of nitrogens with one attached hydrogen (secondary N) is 1. The Bertz CT molecular complexity index is 1580. The number of carbonyl (C=O) groups is 1. The summed E-state index contributed by atoms with van der Waals surface area (Å²) in [6.45, 7) is 8.17. The van der Waals surface area contributed by atoms with Crippen molar-refractivity contribution in [3.63, 3.8) is 0 Å². The first-order valence-electron chi connectivity index (χ1n) is 15.4. The van der Waals surface area contributed by atoms with Gasteiger partial charge in [0.25, 0.3) is 0 Å². The number of carbonyl (C=O) groups excluding carboxylic acids is 1. The van der Waals surface area contributed by atoms with Crippen molar-refractivity contribution in [1.29, 1.82) is 0 Å². The molecular weight excluding hydrogens is 506 g/mol. The van der Waals surface area contributed by atoms with Crippen molar-refractivity contribution in [2.45, 2.75) is 52.0 Å². The quantitative estimate of drug-likeness (QED) is 0.281. The second-order valence-corrected chi connectivity index (χ2v) is 12.3. The fraction of sp³-hybridized carbons (Fsp3) is 0.429. The number of likely N-dealkylation sites (N-methyl/N-ethyl adjacent to an activating group) is 1. The average molecular weight is 548 g/mol. The van der Waals surface area contributed by atoms with E-state index >= 15 is 0 Å². The molecule has 1 N–H and O–H groups in total. The van der Waals surface area contributed by atoms with Crippen LogP contribution in [0.25, 0.3) is 22.2 Å². The Morgan fingerprint density at radius 2 is 1.85 bits per heavy atom. The van der Waals surface area contributed by atoms with Crippen molar-refractivity contribution in [2.24, 2.45) is 11.8 Å². The van der Waals surface area contributed by atoms with Crippen molar-refractivity contribution in [1.82, 2.24) is 14.9 Å². The molecule has 4 aromatic rings. The third kappa shape index (κ3) is 4.48. The van der Waals surface area contributed by atoms with Crippen molar-refractivity contribution in [2.75, 3.05) is 43.0 Å². The van der Waals surface area contributed by atoms with Crippen LogP contribution < -0.4 is 9.80 Å². The summed E-state index contributed by atoms with van der Waals surface area (Å²) in [7, 11) is 2.18. The van der Waals surface area contributed by atoms with E-state index in [1.807, 2.05) is 12.4 Å². The monoisotopic (exact) mass is 547 g/mol. The summed E-state index contributed by atoms with van der Waals surface area (Å²) in [5.74, 6) is 0.995. The molecule has 212 valence electrons. The predicted molar refractivity (Wildman–Crippen MR) is 168 cm³/mol. The van der Waals surface area contributed by atoms with E-state index in [9.17, 15) is 4.79 Å². The van der Waals surface area contributed by atoms with Gasteiger partial charge in [0, 0.05) is 74.3 Å². The summed E-state index contributed by atoms with van der Waals surface area (Å²) in [5.41, 5.74) is 10.7. The lowest BCUT2D eigenvalue weighted by Crippen LogP contribution is -2.54. The number of anilines is 2. The molecule has 6 heteroatoms. The summed E-state index contributed by atoms with van der Waals surface area (Å²) >= 11 is 0. The molecule has 2 atom stereocenters. The Morgan fingerprint density at radius 1 is 1.02 bits per heavy atom. The summed E-state index contributed by atoms with van der Waals surface area (Å²) in [4.78, 5) is 28.6. The topological polar surface area (TPSA) is 55.5 Å². The highest BCUT2D eigenvalue weighted by molar-refractivity contribution is 5.90. The Kier molecular flexibility index (Phi) is 6.72. The van der Waals surface area contributed by atoms with E-state index < -0.39 is 0 Å². The lowest BCUT2D eigenvalue weighted by Gasteiger charge is -2.44.